The van der Waals surface area contributed by atoms with Crippen LogP contribution in [-0.4, -0.2) is 36.5 Å². The number of rotatable bonds is 9. The van der Waals surface area contributed by atoms with E-state index in [9.17, 15) is 19.2 Å². The van der Waals surface area contributed by atoms with E-state index in [1.54, 1.807) is 72.8 Å². The number of hydrazone groups is 1. The molecule has 2 N–H and O–H groups in total. The lowest BCUT2D eigenvalue weighted by atomic mass is 10.0. The molecule has 9 nitrogen and oxygen atoms in total. The van der Waals surface area contributed by atoms with Gasteiger partial charge in [-0.05, 0) is 53.2 Å². The van der Waals surface area contributed by atoms with Gasteiger partial charge in [-0.15, -0.1) is 0 Å². The molecule has 0 spiro atoms. The van der Waals surface area contributed by atoms with Gasteiger partial charge < -0.3 is 14.8 Å². The van der Waals surface area contributed by atoms with E-state index in [2.05, 4.69) is 15.8 Å². The fourth-order valence-corrected chi connectivity index (χ4v) is 4.14. The van der Waals surface area contributed by atoms with Crippen LogP contribution in [0.15, 0.2) is 126 Å². The summed E-state index contributed by atoms with van der Waals surface area (Å²) in [7, 11) is 0. The highest BCUT2D eigenvalue weighted by atomic mass is 16.5. The molecular weight excluding hydrogens is 546 g/mol. The molecule has 0 unspecified atom stereocenters. The van der Waals surface area contributed by atoms with Gasteiger partial charge in [0.2, 0.25) is 0 Å². The molecule has 43 heavy (non-hydrogen) atoms. The van der Waals surface area contributed by atoms with Crippen LogP contribution in [0, 0.1) is 0 Å². The van der Waals surface area contributed by atoms with Crippen molar-refractivity contribution < 1.29 is 28.7 Å². The van der Waals surface area contributed by atoms with Crippen molar-refractivity contribution in [1.82, 2.24) is 10.7 Å². The van der Waals surface area contributed by atoms with Gasteiger partial charge in [-0.1, -0.05) is 72.8 Å². The van der Waals surface area contributed by atoms with Gasteiger partial charge in [0.25, 0.3) is 11.8 Å². The summed E-state index contributed by atoms with van der Waals surface area (Å²) in [4.78, 5) is 50.4. The average Bonchev–Trinajstić information content (AvgIpc) is 3.05. The molecule has 0 saturated carbocycles. The second-order valence-corrected chi connectivity index (χ2v) is 9.21. The number of fused-ring (bicyclic) bond motifs is 1. The molecule has 0 aliphatic rings. The third-order valence-electron chi connectivity index (χ3n) is 6.25. The molecule has 5 aromatic carbocycles. The maximum absolute atomic E-state index is 12.8. The SMILES string of the molecule is O=C(CNC(=O)c1cccc2ccccc12)NN=Cc1ccc(OC(=O)c2ccccc2)cc1OC(=O)c1ccccc1. The monoisotopic (exact) mass is 571 g/mol. The summed E-state index contributed by atoms with van der Waals surface area (Å²) >= 11 is 0. The highest BCUT2D eigenvalue weighted by Crippen LogP contribution is 2.26. The van der Waals surface area contributed by atoms with Crippen LogP contribution in [-0.2, 0) is 4.79 Å². The molecule has 0 aromatic heterocycles. The molecule has 0 radical (unpaired) electrons. The van der Waals surface area contributed by atoms with Crippen molar-refractivity contribution in [3.8, 4) is 11.5 Å². The Morgan fingerprint density at radius 1 is 0.674 bits per heavy atom. The third kappa shape index (κ3) is 7.36. The molecule has 0 aliphatic carbocycles. The second kappa shape index (κ2) is 13.5. The van der Waals surface area contributed by atoms with Gasteiger partial charge in [-0.25, -0.2) is 15.0 Å². The summed E-state index contributed by atoms with van der Waals surface area (Å²) < 4.78 is 11.0. The number of nitrogens with zero attached hydrogens (tertiary/aromatic N) is 1. The van der Waals surface area contributed by atoms with E-state index in [4.69, 9.17) is 9.47 Å². The summed E-state index contributed by atoms with van der Waals surface area (Å²) in [5, 5.41) is 8.22. The Hall–Kier alpha value is -6.09. The number of amides is 2. The van der Waals surface area contributed by atoms with E-state index < -0.39 is 23.8 Å². The number of hydrogen-bond donors (Lipinski definition) is 2. The van der Waals surface area contributed by atoms with Crippen LogP contribution in [0.5, 0.6) is 11.5 Å². The summed E-state index contributed by atoms with van der Waals surface area (Å²) in [6, 6.07) is 34.1. The minimum absolute atomic E-state index is 0.0504. The van der Waals surface area contributed by atoms with Crippen LogP contribution >= 0.6 is 0 Å². The number of nitrogens with one attached hydrogen (secondary N) is 2. The van der Waals surface area contributed by atoms with Gasteiger partial charge in [0.1, 0.15) is 11.5 Å². The second-order valence-electron chi connectivity index (χ2n) is 9.21. The minimum Gasteiger partial charge on any atom is -0.423 e. The van der Waals surface area contributed by atoms with Crippen molar-refractivity contribution in [3.63, 3.8) is 0 Å². The van der Waals surface area contributed by atoms with Crippen molar-refractivity contribution in [3.05, 3.63) is 144 Å². The van der Waals surface area contributed by atoms with Gasteiger partial charge in [0.05, 0.1) is 23.9 Å². The molecule has 5 rings (SSSR count). The van der Waals surface area contributed by atoms with Crippen LogP contribution in [0.25, 0.3) is 10.8 Å². The van der Waals surface area contributed by atoms with Crippen LogP contribution in [0.3, 0.4) is 0 Å². The smallest absolute Gasteiger partial charge is 0.343 e. The number of ether oxygens (including phenoxy) is 2. The average molecular weight is 572 g/mol. The zero-order chi connectivity index (χ0) is 30.0. The molecular formula is C34H25N3O6. The van der Waals surface area contributed by atoms with Crippen LogP contribution < -0.4 is 20.2 Å². The highest BCUT2D eigenvalue weighted by Gasteiger charge is 2.15. The predicted molar refractivity (Wildman–Crippen MR) is 161 cm³/mol. The predicted octanol–water partition coefficient (Wildman–Crippen LogP) is 5.16. The normalized spacial score (nSPS) is 10.7. The fraction of sp³-hybridized carbons (Fsp3) is 0.0294. The fourth-order valence-electron chi connectivity index (χ4n) is 4.14. The van der Waals surface area contributed by atoms with Crippen molar-refractivity contribution in [2.75, 3.05) is 6.54 Å². The molecule has 0 fully saturated rings. The van der Waals surface area contributed by atoms with E-state index >= 15 is 0 Å². The Morgan fingerprint density at radius 3 is 2.02 bits per heavy atom. The maximum atomic E-state index is 12.8. The maximum Gasteiger partial charge on any atom is 0.343 e. The molecule has 212 valence electrons. The van der Waals surface area contributed by atoms with E-state index in [1.165, 1.54) is 24.4 Å². The largest absolute Gasteiger partial charge is 0.423 e. The molecule has 9 heteroatoms. The summed E-state index contributed by atoms with van der Waals surface area (Å²) in [5.41, 5.74) is 3.79. The van der Waals surface area contributed by atoms with Gasteiger partial charge in [0, 0.05) is 17.2 Å². The number of benzene rings is 5. The zero-order valence-electron chi connectivity index (χ0n) is 22.7. The van der Waals surface area contributed by atoms with Gasteiger partial charge in [0.15, 0.2) is 0 Å². The molecule has 0 saturated heterocycles. The standard InChI is InChI=1S/C34H25N3O6/c38-31(22-35-32(39)29-17-9-15-23-10-7-8-16-28(23)29)37-36-21-26-18-19-27(42-33(40)24-11-3-1-4-12-24)20-30(26)43-34(41)25-13-5-2-6-14-25/h1-21H,22H2,(H,35,39)(H,37,38). The number of hydrogen-bond acceptors (Lipinski definition) is 7. The van der Waals surface area contributed by atoms with E-state index in [0.717, 1.165) is 10.8 Å². The van der Waals surface area contributed by atoms with Crippen molar-refractivity contribution in [2.24, 2.45) is 5.10 Å². The first-order valence-electron chi connectivity index (χ1n) is 13.2. The van der Waals surface area contributed by atoms with Crippen LogP contribution in [0.1, 0.15) is 36.6 Å². The summed E-state index contributed by atoms with van der Waals surface area (Å²) in [6.45, 7) is -0.316. The van der Waals surface area contributed by atoms with E-state index in [0.29, 0.717) is 22.3 Å². The number of esters is 2. The minimum atomic E-state index is -0.637. The highest BCUT2D eigenvalue weighted by molar-refractivity contribution is 6.07. The molecule has 0 bridgehead atoms. The van der Waals surface area contributed by atoms with Gasteiger partial charge in [-0.2, -0.15) is 5.10 Å². The molecule has 0 atom stereocenters. The summed E-state index contributed by atoms with van der Waals surface area (Å²) in [5.74, 6) is -1.99. The first-order valence-corrected chi connectivity index (χ1v) is 13.2. The quantitative estimate of drug-likeness (QED) is 0.109. The Balaban J connectivity index is 1.26. The lowest BCUT2D eigenvalue weighted by molar-refractivity contribution is -0.120. The Bertz CT molecular complexity index is 1820. The number of carbonyl (C=O) groups excluding carboxylic acids is 4. The third-order valence-corrected chi connectivity index (χ3v) is 6.25. The topological polar surface area (TPSA) is 123 Å². The lowest BCUT2D eigenvalue weighted by Gasteiger charge is -2.11. The van der Waals surface area contributed by atoms with Gasteiger partial charge in [-0.3, -0.25) is 9.59 Å². The van der Waals surface area contributed by atoms with E-state index in [1.807, 2.05) is 30.3 Å². The first kappa shape index (κ1) is 28.4. The van der Waals surface area contributed by atoms with Crippen molar-refractivity contribution in [1.29, 1.82) is 0 Å². The molecule has 0 aliphatic heterocycles. The Morgan fingerprint density at radius 2 is 1.30 bits per heavy atom. The van der Waals surface area contributed by atoms with E-state index in [-0.39, 0.29) is 18.0 Å². The van der Waals surface area contributed by atoms with Crippen LogP contribution in [0.2, 0.25) is 0 Å². The first-order chi connectivity index (χ1) is 21.0. The summed E-state index contributed by atoms with van der Waals surface area (Å²) in [6.07, 6.45) is 1.28. The molecule has 2 amide bonds. The van der Waals surface area contributed by atoms with Crippen LogP contribution in [0.4, 0.5) is 0 Å². The zero-order valence-corrected chi connectivity index (χ0v) is 22.7. The Labute approximate surface area is 246 Å². The van der Waals surface area contributed by atoms with Crippen molar-refractivity contribution >= 4 is 40.7 Å². The molecule has 5 aromatic rings. The Kier molecular flexibility index (Phi) is 8.94. The van der Waals surface area contributed by atoms with Gasteiger partial charge >= 0.3 is 11.9 Å². The lowest BCUT2D eigenvalue weighted by Crippen LogP contribution is -2.35. The molecule has 0 heterocycles. The number of carbonyl (C=O) groups is 4. The van der Waals surface area contributed by atoms with Crippen molar-refractivity contribution in [2.45, 2.75) is 0 Å².